The molecule has 1 nitrogen and oxygen atoms in total. The minimum absolute atomic E-state index is 0.910. The van der Waals surface area contributed by atoms with Gasteiger partial charge in [-0.15, -0.1) is 0 Å². The van der Waals surface area contributed by atoms with Gasteiger partial charge in [0.05, 0.1) is 0 Å². The Morgan fingerprint density at radius 1 is 1.50 bits per heavy atom. The molecule has 0 amide bonds. The highest BCUT2D eigenvalue weighted by molar-refractivity contribution is 7.99. The highest BCUT2D eigenvalue weighted by atomic mass is 32.2. The van der Waals surface area contributed by atoms with E-state index in [0.29, 0.717) is 0 Å². The van der Waals surface area contributed by atoms with E-state index in [-0.39, 0.29) is 0 Å². The van der Waals surface area contributed by atoms with Crippen molar-refractivity contribution in [3.63, 3.8) is 0 Å². The molecule has 0 fully saturated rings. The molecule has 0 bridgehead atoms. The van der Waals surface area contributed by atoms with Crippen molar-refractivity contribution in [2.24, 2.45) is 0 Å². The Morgan fingerprint density at radius 2 is 2.25 bits per heavy atom. The van der Waals surface area contributed by atoms with Crippen LogP contribution in [0.25, 0.3) is 0 Å². The van der Waals surface area contributed by atoms with Crippen LogP contribution in [0, 0.1) is 0 Å². The molecule has 0 unspecified atom stereocenters. The lowest BCUT2D eigenvalue weighted by molar-refractivity contribution is 0.200. The molecule has 0 radical (unpaired) electrons. The molecule has 0 aromatic carbocycles. The van der Waals surface area contributed by atoms with Gasteiger partial charge < -0.3 is 4.74 Å². The third-order valence-electron chi connectivity index (χ3n) is 0.841. The first-order valence-electron chi connectivity index (χ1n) is 2.98. The molecule has 0 atom stereocenters. The van der Waals surface area contributed by atoms with Crippen LogP contribution in [-0.2, 0) is 4.74 Å². The maximum Gasteiger partial charge on any atom is 0.0470 e. The molecule has 0 aromatic rings. The lowest BCUT2D eigenvalue weighted by Crippen LogP contribution is -1.89. The number of thioether (sulfide) groups is 1. The summed E-state index contributed by atoms with van der Waals surface area (Å²) in [4.78, 5) is 0. The largest absolute Gasteiger partial charge is 0.385 e. The summed E-state index contributed by atoms with van der Waals surface area (Å²) in [5.41, 5.74) is 0. The minimum atomic E-state index is 0.910. The summed E-state index contributed by atoms with van der Waals surface area (Å²) in [6.45, 7) is 3.09. The van der Waals surface area contributed by atoms with Gasteiger partial charge in [0.25, 0.3) is 0 Å². The Kier molecular flexibility index (Phi) is 7.59. The SMILES string of the molecule is CCSCCCOC. The number of ether oxygens (including phenoxy) is 1. The van der Waals surface area contributed by atoms with Crippen LogP contribution in [0.15, 0.2) is 0 Å². The van der Waals surface area contributed by atoms with E-state index in [4.69, 9.17) is 4.74 Å². The summed E-state index contributed by atoms with van der Waals surface area (Å²) in [6.07, 6.45) is 1.19. The first-order chi connectivity index (χ1) is 3.91. The molecule has 0 saturated carbocycles. The van der Waals surface area contributed by atoms with E-state index < -0.39 is 0 Å². The van der Waals surface area contributed by atoms with Crippen molar-refractivity contribution in [1.29, 1.82) is 0 Å². The molecule has 50 valence electrons. The van der Waals surface area contributed by atoms with Gasteiger partial charge in [0, 0.05) is 13.7 Å². The van der Waals surface area contributed by atoms with Gasteiger partial charge in [0.2, 0.25) is 0 Å². The van der Waals surface area contributed by atoms with Crippen LogP contribution < -0.4 is 0 Å². The van der Waals surface area contributed by atoms with E-state index in [1.165, 1.54) is 17.9 Å². The van der Waals surface area contributed by atoms with Gasteiger partial charge in [-0.3, -0.25) is 0 Å². The van der Waals surface area contributed by atoms with Gasteiger partial charge in [-0.25, -0.2) is 0 Å². The lowest BCUT2D eigenvalue weighted by atomic mass is 10.5. The third-order valence-corrected chi connectivity index (χ3v) is 1.83. The quantitative estimate of drug-likeness (QED) is 0.530. The fourth-order valence-corrected chi connectivity index (χ4v) is 1.06. The molecule has 0 aliphatic rings. The van der Waals surface area contributed by atoms with Crippen LogP contribution in [0.1, 0.15) is 13.3 Å². The van der Waals surface area contributed by atoms with Gasteiger partial charge in [-0.2, -0.15) is 11.8 Å². The van der Waals surface area contributed by atoms with Crippen molar-refractivity contribution >= 4 is 11.8 Å². The molecule has 0 N–H and O–H groups in total. The van der Waals surface area contributed by atoms with E-state index in [0.717, 1.165) is 6.61 Å². The van der Waals surface area contributed by atoms with Crippen LogP contribution in [-0.4, -0.2) is 25.2 Å². The Labute approximate surface area is 55.8 Å². The normalized spacial score (nSPS) is 9.75. The summed E-state index contributed by atoms with van der Waals surface area (Å²) in [6, 6.07) is 0. The van der Waals surface area contributed by atoms with Gasteiger partial charge in [0.15, 0.2) is 0 Å². The van der Waals surface area contributed by atoms with E-state index in [1.807, 2.05) is 11.8 Å². The van der Waals surface area contributed by atoms with Crippen molar-refractivity contribution in [3.05, 3.63) is 0 Å². The van der Waals surface area contributed by atoms with Crippen molar-refractivity contribution in [1.82, 2.24) is 0 Å². The molecule has 0 aromatic heterocycles. The fourth-order valence-electron chi connectivity index (χ4n) is 0.450. The van der Waals surface area contributed by atoms with Crippen LogP contribution in [0.4, 0.5) is 0 Å². The summed E-state index contributed by atoms with van der Waals surface area (Å²) >= 11 is 1.97. The Morgan fingerprint density at radius 3 is 2.75 bits per heavy atom. The van der Waals surface area contributed by atoms with E-state index in [2.05, 4.69) is 6.92 Å². The standard InChI is InChI=1S/C6H14OS/c1-3-8-6-4-5-7-2/h3-6H2,1-2H3. The summed E-state index contributed by atoms with van der Waals surface area (Å²) in [7, 11) is 1.75. The van der Waals surface area contributed by atoms with Gasteiger partial charge >= 0.3 is 0 Å². The Bertz CT molecular complexity index is 33.5. The maximum atomic E-state index is 4.88. The first-order valence-corrected chi connectivity index (χ1v) is 4.14. The van der Waals surface area contributed by atoms with E-state index >= 15 is 0 Å². The van der Waals surface area contributed by atoms with Crippen molar-refractivity contribution in [2.45, 2.75) is 13.3 Å². The Hall–Kier alpha value is 0.310. The summed E-state index contributed by atoms with van der Waals surface area (Å²) in [5.74, 6) is 2.47. The summed E-state index contributed by atoms with van der Waals surface area (Å²) in [5, 5.41) is 0. The second-order valence-electron chi connectivity index (χ2n) is 1.54. The van der Waals surface area contributed by atoms with Gasteiger partial charge in [0.1, 0.15) is 0 Å². The number of hydrogen-bond acceptors (Lipinski definition) is 2. The third kappa shape index (κ3) is 6.31. The first kappa shape index (κ1) is 8.31. The molecular weight excluding hydrogens is 120 g/mol. The molecular formula is C6H14OS. The molecule has 0 aliphatic heterocycles. The zero-order valence-electron chi connectivity index (χ0n) is 5.64. The predicted octanol–water partition coefficient (Wildman–Crippen LogP) is 1.78. The van der Waals surface area contributed by atoms with Crippen molar-refractivity contribution in [3.8, 4) is 0 Å². The second kappa shape index (κ2) is 7.31. The Balaban J connectivity index is 2.53. The van der Waals surface area contributed by atoms with Crippen molar-refractivity contribution < 1.29 is 4.74 Å². The molecule has 0 spiro atoms. The number of methoxy groups -OCH3 is 1. The van der Waals surface area contributed by atoms with E-state index in [9.17, 15) is 0 Å². The molecule has 0 aliphatic carbocycles. The highest BCUT2D eigenvalue weighted by Crippen LogP contribution is 1.99. The smallest absolute Gasteiger partial charge is 0.0470 e. The van der Waals surface area contributed by atoms with Crippen LogP contribution in [0.5, 0.6) is 0 Å². The molecule has 0 heterocycles. The minimum Gasteiger partial charge on any atom is -0.385 e. The monoisotopic (exact) mass is 134 g/mol. The van der Waals surface area contributed by atoms with Crippen LogP contribution in [0.2, 0.25) is 0 Å². The number of rotatable bonds is 5. The maximum absolute atomic E-state index is 4.88. The molecule has 8 heavy (non-hydrogen) atoms. The zero-order valence-corrected chi connectivity index (χ0v) is 6.46. The van der Waals surface area contributed by atoms with Crippen molar-refractivity contribution in [2.75, 3.05) is 25.2 Å². The predicted molar refractivity (Wildman–Crippen MR) is 39.5 cm³/mol. The molecule has 2 heteroatoms. The number of hydrogen-bond donors (Lipinski definition) is 0. The lowest BCUT2D eigenvalue weighted by Gasteiger charge is -1.95. The molecule has 0 saturated heterocycles. The van der Waals surface area contributed by atoms with Crippen LogP contribution >= 0.6 is 11.8 Å². The van der Waals surface area contributed by atoms with Gasteiger partial charge in [-0.1, -0.05) is 6.92 Å². The second-order valence-corrected chi connectivity index (χ2v) is 2.94. The molecule has 0 rings (SSSR count). The summed E-state index contributed by atoms with van der Waals surface area (Å²) < 4.78 is 4.88. The fraction of sp³-hybridized carbons (Fsp3) is 1.00. The average Bonchev–Trinajstić information content (AvgIpc) is 1.81. The van der Waals surface area contributed by atoms with E-state index in [1.54, 1.807) is 7.11 Å². The van der Waals surface area contributed by atoms with Gasteiger partial charge in [-0.05, 0) is 17.9 Å². The zero-order chi connectivity index (χ0) is 6.24. The average molecular weight is 134 g/mol. The highest BCUT2D eigenvalue weighted by Gasteiger charge is 1.83. The topological polar surface area (TPSA) is 9.23 Å². The van der Waals surface area contributed by atoms with Crippen LogP contribution in [0.3, 0.4) is 0 Å².